The predicted molar refractivity (Wildman–Crippen MR) is 74.4 cm³/mol. The molecule has 0 aliphatic heterocycles. The number of anilines is 1. The molecule has 19 heavy (non-hydrogen) atoms. The highest BCUT2D eigenvalue weighted by molar-refractivity contribution is 5.87. The van der Waals surface area contributed by atoms with Crippen molar-refractivity contribution in [2.75, 3.05) is 5.73 Å². The lowest BCUT2D eigenvalue weighted by Gasteiger charge is -2.08. The van der Waals surface area contributed by atoms with E-state index in [-0.39, 0.29) is 16.9 Å². The average molecular weight is 254 g/mol. The second-order valence-electron chi connectivity index (χ2n) is 4.30. The molecule has 0 unspecified atom stereocenters. The molecule has 0 fully saturated rings. The van der Waals surface area contributed by atoms with E-state index in [2.05, 4.69) is 4.98 Å². The Labute approximate surface area is 108 Å². The number of H-pyrrole nitrogens is 1. The molecular formula is C15H11FN2O. The predicted octanol–water partition coefficient (Wildman–Crippen LogP) is 2.92. The second kappa shape index (κ2) is 4.24. The van der Waals surface area contributed by atoms with Gasteiger partial charge < -0.3 is 10.7 Å². The van der Waals surface area contributed by atoms with E-state index in [4.69, 9.17) is 5.73 Å². The average Bonchev–Trinajstić information content (AvgIpc) is 2.43. The van der Waals surface area contributed by atoms with Crippen LogP contribution in [0.25, 0.3) is 22.2 Å². The van der Waals surface area contributed by atoms with Gasteiger partial charge in [0.1, 0.15) is 11.5 Å². The first kappa shape index (κ1) is 11.5. The molecular weight excluding hydrogens is 243 g/mol. The van der Waals surface area contributed by atoms with Gasteiger partial charge in [-0.3, -0.25) is 4.79 Å². The van der Waals surface area contributed by atoms with E-state index >= 15 is 0 Å². The number of hydrogen-bond acceptors (Lipinski definition) is 2. The Kier molecular flexibility index (Phi) is 2.56. The molecule has 3 N–H and O–H groups in total. The Bertz CT molecular complexity index is 824. The fourth-order valence-electron chi connectivity index (χ4n) is 2.12. The Morgan fingerprint density at radius 3 is 2.63 bits per heavy atom. The zero-order valence-electron chi connectivity index (χ0n) is 9.98. The SMILES string of the molecule is Nc1c(-c2cccc(F)c2)[nH]c2ccccc2c1=O. The van der Waals surface area contributed by atoms with Gasteiger partial charge in [-0.1, -0.05) is 24.3 Å². The fraction of sp³-hybridized carbons (Fsp3) is 0. The summed E-state index contributed by atoms with van der Waals surface area (Å²) in [5, 5.41) is 0.528. The summed E-state index contributed by atoms with van der Waals surface area (Å²) in [5.74, 6) is -0.370. The maximum Gasteiger partial charge on any atom is 0.212 e. The van der Waals surface area contributed by atoms with E-state index in [0.717, 1.165) is 0 Å². The lowest BCUT2D eigenvalue weighted by molar-refractivity contribution is 0.628. The molecule has 3 rings (SSSR count). The van der Waals surface area contributed by atoms with Crippen LogP contribution >= 0.6 is 0 Å². The van der Waals surface area contributed by atoms with E-state index in [0.29, 0.717) is 22.2 Å². The lowest BCUT2D eigenvalue weighted by atomic mass is 10.1. The third-order valence-corrected chi connectivity index (χ3v) is 3.06. The van der Waals surface area contributed by atoms with Crippen LogP contribution in [-0.4, -0.2) is 4.98 Å². The maximum atomic E-state index is 13.3. The Morgan fingerprint density at radius 2 is 1.84 bits per heavy atom. The van der Waals surface area contributed by atoms with Crippen LogP contribution in [-0.2, 0) is 0 Å². The van der Waals surface area contributed by atoms with Gasteiger partial charge in [-0.15, -0.1) is 0 Å². The van der Waals surface area contributed by atoms with Gasteiger partial charge in [0.25, 0.3) is 0 Å². The first-order chi connectivity index (χ1) is 9.16. The molecule has 0 amide bonds. The number of benzene rings is 2. The van der Waals surface area contributed by atoms with Gasteiger partial charge in [-0.25, -0.2) is 4.39 Å². The highest BCUT2D eigenvalue weighted by atomic mass is 19.1. The van der Waals surface area contributed by atoms with E-state index in [1.165, 1.54) is 12.1 Å². The zero-order chi connectivity index (χ0) is 13.4. The van der Waals surface area contributed by atoms with E-state index in [1.54, 1.807) is 30.3 Å². The molecule has 3 aromatic rings. The molecule has 0 atom stereocenters. The number of nitrogens with one attached hydrogen (secondary N) is 1. The molecule has 2 aromatic carbocycles. The van der Waals surface area contributed by atoms with Crippen LogP contribution in [0.3, 0.4) is 0 Å². The number of aromatic amines is 1. The van der Waals surface area contributed by atoms with Crippen molar-refractivity contribution in [2.45, 2.75) is 0 Å². The molecule has 1 aromatic heterocycles. The largest absolute Gasteiger partial charge is 0.394 e. The van der Waals surface area contributed by atoms with Gasteiger partial charge in [0.2, 0.25) is 5.43 Å². The summed E-state index contributed by atoms with van der Waals surface area (Å²) >= 11 is 0. The highest BCUT2D eigenvalue weighted by Crippen LogP contribution is 2.24. The standard InChI is InChI=1S/C15H11FN2O/c16-10-5-3-4-9(8-10)14-13(17)15(19)11-6-1-2-7-12(11)18-14/h1-8H,17H2,(H,18,19). The summed E-state index contributed by atoms with van der Waals surface area (Å²) in [4.78, 5) is 15.3. The van der Waals surface area contributed by atoms with Crippen LogP contribution in [0.5, 0.6) is 0 Å². The summed E-state index contributed by atoms with van der Waals surface area (Å²) < 4.78 is 13.3. The molecule has 0 saturated heterocycles. The summed E-state index contributed by atoms with van der Waals surface area (Å²) in [6.45, 7) is 0. The minimum Gasteiger partial charge on any atom is -0.394 e. The van der Waals surface area contributed by atoms with Crippen molar-refractivity contribution in [1.82, 2.24) is 4.98 Å². The molecule has 0 aliphatic carbocycles. The van der Waals surface area contributed by atoms with Crippen molar-refractivity contribution in [1.29, 1.82) is 0 Å². The quantitative estimate of drug-likeness (QED) is 0.701. The number of aromatic nitrogens is 1. The van der Waals surface area contributed by atoms with Gasteiger partial charge in [-0.2, -0.15) is 0 Å². The van der Waals surface area contributed by atoms with Crippen LogP contribution in [0.1, 0.15) is 0 Å². The highest BCUT2D eigenvalue weighted by Gasteiger charge is 2.10. The monoisotopic (exact) mass is 254 g/mol. The van der Waals surface area contributed by atoms with Crippen LogP contribution in [0.4, 0.5) is 10.1 Å². The number of pyridine rings is 1. The number of para-hydroxylation sites is 1. The van der Waals surface area contributed by atoms with Gasteiger partial charge in [0, 0.05) is 16.5 Å². The molecule has 0 bridgehead atoms. The second-order valence-corrected chi connectivity index (χ2v) is 4.30. The molecule has 3 nitrogen and oxygen atoms in total. The Hall–Kier alpha value is -2.62. The summed E-state index contributed by atoms with van der Waals surface area (Å²) in [6, 6.07) is 13.1. The molecule has 0 radical (unpaired) electrons. The molecule has 0 spiro atoms. The molecule has 0 aliphatic rings. The summed E-state index contributed by atoms with van der Waals surface area (Å²) in [5.41, 5.74) is 7.41. The van der Waals surface area contributed by atoms with Gasteiger partial charge in [0.05, 0.1) is 5.69 Å². The first-order valence-corrected chi connectivity index (χ1v) is 5.83. The van der Waals surface area contributed by atoms with Crippen molar-refractivity contribution in [3.8, 4) is 11.3 Å². The first-order valence-electron chi connectivity index (χ1n) is 5.83. The fourth-order valence-corrected chi connectivity index (χ4v) is 2.12. The van der Waals surface area contributed by atoms with Gasteiger partial charge >= 0.3 is 0 Å². The van der Waals surface area contributed by atoms with Crippen molar-refractivity contribution < 1.29 is 4.39 Å². The summed E-state index contributed by atoms with van der Waals surface area (Å²) in [7, 11) is 0. The van der Waals surface area contributed by atoms with Crippen molar-refractivity contribution in [3.63, 3.8) is 0 Å². The van der Waals surface area contributed by atoms with E-state index < -0.39 is 0 Å². The smallest absolute Gasteiger partial charge is 0.212 e. The van der Waals surface area contributed by atoms with Gasteiger partial charge in [0.15, 0.2) is 0 Å². The van der Waals surface area contributed by atoms with Crippen molar-refractivity contribution in [3.05, 3.63) is 64.6 Å². The minimum absolute atomic E-state index is 0.101. The van der Waals surface area contributed by atoms with E-state index in [9.17, 15) is 9.18 Å². The number of hydrogen-bond donors (Lipinski definition) is 2. The number of nitrogens with two attached hydrogens (primary N) is 1. The number of fused-ring (bicyclic) bond motifs is 1. The zero-order valence-corrected chi connectivity index (χ0v) is 9.98. The van der Waals surface area contributed by atoms with Crippen molar-refractivity contribution in [2.24, 2.45) is 0 Å². The number of nitrogen functional groups attached to an aromatic ring is 1. The summed E-state index contributed by atoms with van der Waals surface area (Å²) in [6.07, 6.45) is 0. The van der Waals surface area contributed by atoms with Crippen LogP contribution < -0.4 is 11.2 Å². The van der Waals surface area contributed by atoms with E-state index in [1.807, 2.05) is 6.07 Å². The van der Waals surface area contributed by atoms with Crippen LogP contribution in [0, 0.1) is 5.82 Å². The van der Waals surface area contributed by atoms with Gasteiger partial charge in [-0.05, 0) is 24.3 Å². The Morgan fingerprint density at radius 1 is 1.05 bits per heavy atom. The number of halogens is 1. The Balaban J connectivity index is 2.36. The van der Waals surface area contributed by atoms with Crippen LogP contribution in [0.15, 0.2) is 53.3 Å². The minimum atomic E-state index is -0.370. The normalized spacial score (nSPS) is 10.8. The molecule has 4 heteroatoms. The maximum absolute atomic E-state index is 13.3. The molecule has 94 valence electrons. The lowest BCUT2D eigenvalue weighted by Crippen LogP contribution is -2.11. The van der Waals surface area contributed by atoms with Crippen molar-refractivity contribution >= 4 is 16.6 Å². The third kappa shape index (κ3) is 1.87. The molecule has 1 heterocycles. The third-order valence-electron chi connectivity index (χ3n) is 3.06. The van der Waals surface area contributed by atoms with Crippen LogP contribution in [0.2, 0.25) is 0 Å². The molecule has 0 saturated carbocycles. The topological polar surface area (TPSA) is 58.9 Å². The number of rotatable bonds is 1.